The van der Waals surface area contributed by atoms with Gasteiger partial charge in [-0.1, -0.05) is 42.8 Å². The van der Waals surface area contributed by atoms with Crippen molar-refractivity contribution in [3.63, 3.8) is 0 Å². The summed E-state index contributed by atoms with van der Waals surface area (Å²) in [6.07, 6.45) is -0.420. The Morgan fingerprint density at radius 3 is 2.25 bits per heavy atom. The summed E-state index contributed by atoms with van der Waals surface area (Å²) in [5, 5.41) is 10.1. The molecule has 2 unspecified atom stereocenters. The van der Waals surface area contributed by atoms with Gasteiger partial charge in [0.2, 0.25) is 0 Å². The van der Waals surface area contributed by atoms with Gasteiger partial charge in [0.05, 0.1) is 6.10 Å². The van der Waals surface area contributed by atoms with Gasteiger partial charge in [0.25, 0.3) is 0 Å². The van der Waals surface area contributed by atoms with Crippen LogP contribution in [-0.4, -0.2) is 10.4 Å². The minimum atomic E-state index is -0.420. The Hall–Kier alpha value is 0.01000. The van der Waals surface area contributed by atoms with Crippen molar-refractivity contribution in [3.8, 4) is 0 Å². The van der Waals surface area contributed by atoms with E-state index in [1.54, 1.807) is 6.92 Å². The molecule has 1 N–H and O–H groups in total. The highest BCUT2D eigenvalue weighted by atomic mass is 79.9. The van der Waals surface area contributed by atoms with Gasteiger partial charge in [-0.25, -0.2) is 0 Å². The summed E-state index contributed by atoms with van der Waals surface area (Å²) in [4.78, 5) is 1.25. The van der Waals surface area contributed by atoms with Gasteiger partial charge in [-0.05, 0) is 30.5 Å². The standard InChI is InChI=1S/C13H19BrOS/c1-8(2)10(4)16-11-5-6-12(9(3)15)13(14)7-11/h5-10,15H,1-4H3. The first-order chi connectivity index (χ1) is 7.41. The molecular formula is C13H19BrOS. The van der Waals surface area contributed by atoms with E-state index < -0.39 is 6.10 Å². The average Bonchev–Trinajstić information content (AvgIpc) is 2.16. The van der Waals surface area contributed by atoms with E-state index in [0.717, 1.165) is 10.0 Å². The lowest BCUT2D eigenvalue weighted by Crippen LogP contribution is -2.05. The summed E-state index contributed by atoms with van der Waals surface area (Å²) in [5.74, 6) is 0.667. The molecule has 0 aromatic heterocycles. The van der Waals surface area contributed by atoms with E-state index in [-0.39, 0.29) is 0 Å². The molecule has 0 saturated heterocycles. The van der Waals surface area contributed by atoms with Crippen LogP contribution < -0.4 is 0 Å². The van der Waals surface area contributed by atoms with Crippen LogP contribution in [0.5, 0.6) is 0 Å². The van der Waals surface area contributed by atoms with Crippen molar-refractivity contribution in [2.75, 3.05) is 0 Å². The SMILES string of the molecule is CC(O)c1ccc(SC(C)C(C)C)cc1Br. The molecule has 0 fully saturated rings. The molecule has 0 aliphatic rings. The van der Waals surface area contributed by atoms with Crippen LogP contribution >= 0.6 is 27.7 Å². The van der Waals surface area contributed by atoms with Crippen LogP contribution in [0.15, 0.2) is 27.6 Å². The van der Waals surface area contributed by atoms with Crippen molar-refractivity contribution in [1.82, 2.24) is 0 Å². The second-order valence-electron chi connectivity index (χ2n) is 4.43. The van der Waals surface area contributed by atoms with Gasteiger partial charge in [-0.3, -0.25) is 0 Å². The zero-order valence-corrected chi connectivity index (χ0v) is 12.6. The largest absolute Gasteiger partial charge is 0.389 e. The first-order valence-corrected chi connectivity index (χ1v) is 7.23. The van der Waals surface area contributed by atoms with E-state index in [9.17, 15) is 5.11 Å². The van der Waals surface area contributed by atoms with Crippen molar-refractivity contribution in [2.45, 2.75) is 43.9 Å². The summed E-state index contributed by atoms with van der Waals surface area (Å²) in [6, 6.07) is 6.16. The van der Waals surface area contributed by atoms with Gasteiger partial charge < -0.3 is 5.11 Å². The Labute approximate surface area is 111 Å². The fraction of sp³-hybridized carbons (Fsp3) is 0.538. The van der Waals surface area contributed by atoms with E-state index >= 15 is 0 Å². The van der Waals surface area contributed by atoms with E-state index in [1.807, 2.05) is 17.8 Å². The number of aliphatic hydroxyl groups is 1. The number of hydrogen-bond donors (Lipinski definition) is 1. The minimum absolute atomic E-state index is 0.420. The van der Waals surface area contributed by atoms with Crippen molar-refractivity contribution in [1.29, 1.82) is 0 Å². The predicted octanol–water partition coefficient (Wildman–Crippen LogP) is 4.64. The Kier molecular flexibility index (Phi) is 5.35. The second kappa shape index (κ2) is 6.08. The van der Waals surface area contributed by atoms with E-state index in [2.05, 4.69) is 48.8 Å². The van der Waals surface area contributed by atoms with E-state index in [0.29, 0.717) is 11.2 Å². The Morgan fingerprint density at radius 2 is 1.81 bits per heavy atom. The highest BCUT2D eigenvalue weighted by Crippen LogP contribution is 2.32. The lowest BCUT2D eigenvalue weighted by molar-refractivity contribution is 0.198. The Morgan fingerprint density at radius 1 is 1.19 bits per heavy atom. The number of halogens is 1. The maximum atomic E-state index is 9.53. The molecule has 1 aromatic rings. The molecule has 3 heteroatoms. The number of hydrogen-bond acceptors (Lipinski definition) is 2. The molecule has 1 nitrogen and oxygen atoms in total. The topological polar surface area (TPSA) is 20.2 Å². The van der Waals surface area contributed by atoms with Crippen molar-refractivity contribution in [2.24, 2.45) is 5.92 Å². The Bertz CT molecular complexity index is 350. The maximum Gasteiger partial charge on any atom is 0.0772 e. The molecule has 16 heavy (non-hydrogen) atoms. The van der Waals surface area contributed by atoms with Gasteiger partial charge in [-0.15, -0.1) is 11.8 Å². The third kappa shape index (κ3) is 3.79. The monoisotopic (exact) mass is 302 g/mol. The molecule has 90 valence electrons. The van der Waals surface area contributed by atoms with Crippen LogP contribution in [0.25, 0.3) is 0 Å². The third-order valence-corrected chi connectivity index (χ3v) is 4.81. The van der Waals surface area contributed by atoms with Crippen LogP contribution in [0.1, 0.15) is 39.4 Å². The molecule has 1 rings (SSSR count). The molecule has 0 amide bonds. The number of thioether (sulfide) groups is 1. The molecule has 1 aromatic carbocycles. The minimum Gasteiger partial charge on any atom is -0.389 e. The molecule has 2 atom stereocenters. The summed E-state index contributed by atoms with van der Waals surface area (Å²) in [5.41, 5.74) is 0.946. The normalized spacial score (nSPS) is 15.2. The van der Waals surface area contributed by atoms with Crippen molar-refractivity contribution >= 4 is 27.7 Å². The molecule has 0 radical (unpaired) electrons. The quantitative estimate of drug-likeness (QED) is 0.818. The van der Waals surface area contributed by atoms with Gasteiger partial charge >= 0.3 is 0 Å². The molecule has 0 heterocycles. The summed E-state index contributed by atoms with van der Waals surface area (Å²) >= 11 is 5.38. The molecule has 0 aliphatic heterocycles. The number of aliphatic hydroxyl groups excluding tert-OH is 1. The molecule has 0 aliphatic carbocycles. The van der Waals surface area contributed by atoms with Crippen LogP contribution in [0.4, 0.5) is 0 Å². The average molecular weight is 303 g/mol. The molecular weight excluding hydrogens is 284 g/mol. The predicted molar refractivity (Wildman–Crippen MR) is 74.9 cm³/mol. The first kappa shape index (κ1) is 14.1. The smallest absolute Gasteiger partial charge is 0.0772 e. The van der Waals surface area contributed by atoms with E-state index in [4.69, 9.17) is 0 Å². The second-order valence-corrected chi connectivity index (χ2v) is 6.73. The molecule has 0 bridgehead atoms. The zero-order valence-electron chi connectivity index (χ0n) is 10.2. The van der Waals surface area contributed by atoms with Crippen LogP contribution in [0, 0.1) is 5.92 Å². The molecule has 0 saturated carbocycles. The number of rotatable bonds is 4. The van der Waals surface area contributed by atoms with Crippen molar-refractivity contribution in [3.05, 3.63) is 28.2 Å². The summed E-state index contributed by atoms with van der Waals surface area (Å²) in [6.45, 7) is 8.49. The van der Waals surface area contributed by atoms with Gasteiger partial charge in [-0.2, -0.15) is 0 Å². The Balaban J connectivity index is 2.81. The zero-order chi connectivity index (χ0) is 12.3. The van der Waals surface area contributed by atoms with Crippen LogP contribution in [0.3, 0.4) is 0 Å². The van der Waals surface area contributed by atoms with Crippen LogP contribution in [0.2, 0.25) is 0 Å². The van der Waals surface area contributed by atoms with E-state index in [1.165, 1.54) is 4.90 Å². The fourth-order valence-electron chi connectivity index (χ4n) is 1.27. The lowest BCUT2D eigenvalue weighted by Gasteiger charge is -2.16. The number of benzene rings is 1. The van der Waals surface area contributed by atoms with Gasteiger partial charge in [0, 0.05) is 14.6 Å². The third-order valence-electron chi connectivity index (χ3n) is 2.68. The fourth-order valence-corrected chi connectivity index (χ4v) is 3.17. The summed E-state index contributed by atoms with van der Waals surface area (Å²) in [7, 11) is 0. The lowest BCUT2D eigenvalue weighted by atomic mass is 10.1. The van der Waals surface area contributed by atoms with Crippen molar-refractivity contribution < 1.29 is 5.11 Å². The first-order valence-electron chi connectivity index (χ1n) is 5.56. The highest BCUT2D eigenvalue weighted by Gasteiger charge is 2.11. The molecule has 0 spiro atoms. The maximum absolute atomic E-state index is 9.53. The van der Waals surface area contributed by atoms with Crippen LogP contribution in [-0.2, 0) is 0 Å². The van der Waals surface area contributed by atoms with Gasteiger partial charge in [0.1, 0.15) is 0 Å². The summed E-state index contributed by atoms with van der Waals surface area (Å²) < 4.78 is 0.989. The van der Waals surface area contributed by atoms with Gasteiger partial charge in [0.15, 0.2) is 0 Å². The highest BCUT2D eigenvalue weighted by molar-refractivity contribution is 9.10.